The Morgan fingerprint density at radius 3 is 1.32 bits per heavy atom. The molecule has 0 aromatic rings. The number of hydrogen-bond donors (Lipinski definition) is 0. The first-order chi connectivity index (χ1) is 15.1. The van der Waals surface area contributed by atoms with E-state index in [-0.39, 0.29) is 0 Å². The Hall–Kier alpha value is -1.32. The highest BCUT2D eigenvalue weighted by Gasteiger charge is 2.02. The predicted octanol–water partition coefficient (Wildman–Crippen LogP) is 7.94. The van der Waals surface area contributed by atoms with Crippen molar-refractivity contribution in [1.29, 1.82) is 0 Å². The first kappa shape index (κ1) is 29.7. The van der Waals surface area contributed by atoms with Crippen molar-refractivity contribution in [2.45, 2.75) is 130 Å². The van der Waals surface area contributed by atoms with E-state index in [0.29, 0.717) is 19.1 Å². The molecule has 0 radical (unpaired) electrons. The van der Waals surface area contributed by atoms with E-state index in [9.17, 15) is 9.59 Å². The quantitative estimate of drug-likeness (QED) is 0.0978. The minimum Gasteiger partial charge on any atom is -0.463 e. The fraction of sp³-hybridized carbons (Fsp3) is 0.852. The van der Waals surface area contributed by atoms with Crippen LogP contribution in [0.25, 0.3) is 0 Å². The van der Waals surface area contributed by atoms with Crippen molar-refractivity contribution < 1.29 is 19.1 Å². The van der Waals surface area contributed by atoms with Crippen LogP contribution >= 0.6 is 0 Å². The molecule has 0 N–H and O–H groups in total. The van der Waals surface area contributed by atoms with Gasteiger partial charge in [0.25, 0.3) is 0 Å². The zero-order valence-electron chi connectivity index (χ0n) is 20.8. The second kappa shape index (κ2) is 23.3. The molecule has 0 atom stereocenters. The molecule has 0 aliphatic carbocycles. The Balaban J connectivity index is 3.34. The molecule has 182 valence electrons. The first-order valence-electron chi connectivity index (χ1n) is 13.1. The Morgan fingerprint density at radius 1 is 0.581 bits per heavy atom. The van der Waals surface area contributed by atoms with Crippen molar-refractivity contribution in [1.82, 2.24) is 0 Å². The lowest BCUT2D eigenvalue weighted by molar-refractivity contribution is -0.140. The van der Waals surface area contributed by atoms with Gasteiger partial charge in [0.15, 0.2) is 0 Å². The molecule has 0 saturated heterocycles. The van der Waals surface area contributed by atoms with Crippen LogP contribution in [0.5, 0.6) is 0 Å². The second-order valence-electron chi connectivity index (χ2n) is 9.15. The van der Waals surface area contributed by atoms with Crippen LogP contribution in [0.2, 0.25) is 0 Å². The van der Waals surface area contributed by atoms with Gasteiger partial charge in [0.2, 0.25) is 0 Å². The summed E-state index contributed by atoms with van der Waals surface area (Å²) in [6.07, 6.45) is 23.9. The molecule has 0 amide bonds. The summed E-state index contributed by atoms with van der Waals surface area (Å²) in [5.41, 5.74) is 0. The molecule has 31 heavy (non-hydrogen) atoms. The normalized spacial score (nSPS) is 11.4. The minimum atomic E-state index is -0.479. The van der Waals surface area contributed by atoms with Gasteiger partial charge in [-0.05, 0) is 25.2 Å². The summed E-state index contributed by atoms with van der Waals surface area (Å²) in [7, 11) is 0. The van der Waals surface area contributed by atoms with E-state index in [2.05, 4.69) is 20.8 Å². The smallest absolute Gasteiger partial charge is 0.331 e. The molecule has 0 aromatic carbocycles. The summed E-state index contributed by atoms with van der Waals surface area (Å²) in [6, 6.07) is 0. The lowest BCUT2D eigenvalue weighted by Gasteiger charge is -2.05. The molecular formula is C27H50O4. The SMILES string of the molecule is CCCCCCCCCCCCCCCCCOC(=O)/C=C/C(=O)OCCCC(C)C. The Labute approximate surface area is 192 Å². The molecule has 0 aromatic heterocycles. The Morgan fingerprint density at radius 2 is 0.935 bits per heavy atom. The number of rotatable bonds is 22. The lowest BCUT2D eigenvalue weighted by Crippen LogP contribution is -2.06. The maximum atomic E-state index is 11.6. The Kier molecular flexibility index (Phi) is 22.4. The molecular weight excluding hydrogens is 388 g/mol. The van der Waals surface area contributed by atoms with Crippen LogP contribution in [0.15, 0.2) is 12.2 Å². The van der Waals surface area contributed by atoms with Crippen molar-refractivity contribution in [2.24, 2.45) is 5.92 Å². The topological polar surface area (TPSA) is 52.6 Å². The molecule has 0 spiro atoms. The van der Waals surface area contributed by atoms with E-state index in [1.54, 1.807) is 0 Å². The maximum absolute atomic E-state index is 11.6. The van der Waals surface area contributed by atoms with Crippen molar-refractivity contribution in [3.63, 3.8) is 0 Å². The molecule has 0 unspecified atom stereocenters. The maximum Gasteiger partial charge on any atom is 0.331 e. The molecule has 0 aliphatic heterocycles. The van der Waals surface area contributed by atoms with E-state index in [0.717, 1.165) is 37.8 Å². The van der Waals surface area contributed by atoms with Gasteiger partial charge >= 0.3 is 11.9 Å². The van der Waals surface area contributed by atoms with Gasteiger partial charge in [-0.25, -0.2) is 9.59 Å². The third kappa shape index (κ3) is 24.8. The number of hydrogen-bond acceptors (Lipinski definition) is 4. The van der Waals surface area contributed by atoms with E-state index in [1.807, 2.05) is 0 Å². The summed E-state index contributed by atoms with van der Waals surface area (Å²) in [4.78, 5) is 23.1. The van der Waals surface area contributed by atoms with Gasteiger partial charge in [-0.2, -0.15) is 0 Å². The molecule has 0 saturated carbocycles. The number of carbonyl (C=O) groups is 2. The van der Waals surface area contributed by atoms with Gasteiger partial charge in [-0.15, -0.1) is 0 Å². The van der Waals surface area contributed by atoms with Crippen LogP contribution in [0.4, 0.5) is 0 Å². The largest absolute Gasteiger partial charge is 0.463 e. The predicted molar refractivity (Wildman–Crippen MR) is 130 cm³/mol. The monoisotopic (exact) mass is 438 g/mol. The molecule has 4 nitrogen and oxygen atoms in total. The average molecular weight is 439 g/mol. The highest BCUT2D eigenvalue weighted by molar-refractivity contribution is 5.91. The number of ether oxygens (including phenoxy) is 2. The van der Waals surface area contributed by atoms with Gasteiger partial charge in [-0.3, -0.25) is 0 Å². The number of esters is 2. The summed E-state index contributed by atoms with van der Waals surface area (Å²) >= 11 is 0. The lowest BCUT2D eigenvalue weighted by atomic mass is 10.0. The molecule has 0 bridgehead atoms. The second-order valence-corrected chi connectivity index (χ2v) is 9.15. The van der Waals surface area contributed by atoms with Crippen LogP contribution < -0.4 is 0 Å². The van der Waals surface area contributed by atoms with E-state index >= 15 is 0 Å². The zero-order chi connectivity index (χ0) is 23.0. The van der Waals surface area contributed by atoms with Gasteiger partial charge < -0.3 is 9.47 Å². The fourth-order valence-corrected chi connectivity index (χ4v) is 3.54. The summed E-state index contributed by atoms with van der Waals surface area (Å²) in [6.45, 7) is 7.36. The van der Waals surface area contributed by atoms with Gasteiger partial charge in [0.05, 0.1) is 13.2 Å². The zero-order valence-corrected chi connectivity index (χ0v) is 20.8. The Bertz CT molecular complexity index is 443. The molecule has 0 aliphatic rings. The average Bonchev–Trinajstić information content (AvgIpc) is 2.74. The minimum absolute atomic E-state index is 0.398. The van der Waals surface area contributed by atoms with Crippen molar-refractivity contribution in [3.8, 4) is 0 Å². The van der Waals surface area contributed by atoms with Crippen molar-refractivity contribution in [2.75, 3.05) is 13.2 Å². The van der Waals surface area contributed by atoms with Crippen LogP contribution in [0.1, 0.15) is 130 Å². The number of unbranched alkanes of at least 4 members (excludes halogenated alkanes) is 14. The van der Waals surface area contributed by atoms with Gasteiger partial charge in [0.1, 0.15) is 0 Å². The van der Waals surface area contributed by atoms with Crippen LogP contribution in [0.3, 0.4) is 0 Å². The van der Waals surface area contributed by atoms with E-state index < -0.39 is 11.9 Å². The van der Waals surface area contributed by atoms with Crippen molar-refractivity contribution in [3.05, 3.63) is 12.2 Å². The molecule has 4 heteroatoms. The molecule has 0 fully saturated rings. The van der Waals surface area contributed by atoms with Crippen LogP contribution in [-0.4, -0.2) is 25.2 Å². The fourth-order valence-electron chi connectivity index (χ4n) is 3.54. The molecule has 0 heterocycles. The summed E-state index contributed by atoms with van der Waals surface area (Å²) in [5, 5.41) is 0. The summed E-state index contributed by atoms with van der Waals surface area (Å²) in [5.74, 6) is -0.346. The van der Waals surface area contributed by atoms with E-state index in [4.69, 9.17) is 9.47 Å². The third-order valence-corrected chi connectivity index (χ3v) is 5.52. The standard InChI is InChI=1S/C27H50O4/c1-4-5-6-7-8-9-10-11-12-13-14-15-16-17-18-23-30-26(28)21-22-27(29)31-24-19-20-25(2)3/h21-22,25H,4-20,23-24H2,1-3H3/b22-21+. The van der Waals surface area contributed by atoms with Gasteiger partial charge in [0, 0.05) is 12.2 Å². The van der Waals surface area contributed by atoms with Gasteiger partial charge in [-0.1, -0.05) is 111 Å². The first-order valence-corrected chi connectivity index (χ1v) is 13.1. The van der Waals surface area contributed by atoms with E-state index in [1.165, 1.54) is 83.5 Å². The van der Waals surface area contributed by atoms with Crippen LogP contribution in [-0.2, 0) is 19.1 Å². The van der Waals surface area contributed by atoms with Crippen molar-refractivity contribution >= 4 is 11.9 Å². The highest BCUT2D eigenvalue weighted by Crippen LogP contribution is 2.13. The highest BCUT2D eigenvalue weighted by atomic mass is 16.5. The summed E-state index contributed by atoms with van der Waals surface area (Å²) < 4.78 is 10.2. The molecule has 0 rings (SSSR count). The van der Waals surface area contributed by atoms with Crippen LogP contribution in [0, 0.1) is 5.92 Å². The third-order valence-electron chi connectivity index (χ3n) is 5.52. The number of carbonyl (C=O) groups excluding carboxylic acids is 2.